The number of rotatable bonds is 4. The van der Waals surface area contributed by atoms with Crippen molar-refractivity contribution in [1.82, 2.24) is 4.98 Å². The van der Waals surface area contributed by atoms with Gasteiger partial charge >= 0.3 is 0 Å². The second-order valence-electron chi connectivity index (χ2n) is 4.93. The third-order valence-electron chi connectivity index (χ3n) is 3.84. The summed E-state index contributed by atoms with van der Waals surface area (Å²) in [5.41, 5.74) is 6.41. The van der Waals surface area contributed by atoms with Crippen molar-refractivity contribution in [3.63, 3.8) is 0 Å². The fraction of sp³-hybridized carbons (Fsp3) is 0.643. The van der Waals surface area contributed by atoms with Crippen LogP contribution in [0.25, 0.3) is 0 Å². The van der Waals surface area contributed by atoms with Crippen LogP contribution in [0.15, 0.2) is 18.5 Å². The zero-order valence-corrected chi connectivity index (χ0v) is 10.9. The molecule has 0 saturated heterocycles. The van der Waals surface area contributed by atoms with E-state index < -0.39 is 11.6 Å². The number of halogens is 1. The molecule has 100 valence electrons. The Hall–Kier alpha value is -1.00. The summed E-state index contributed by atoms with van der Waals surface area (Å²) < 4.78 is 19.7. The Labute approximate surface area is 108 Å². The van der Waals surface area contributed by atoms with Gasteiger partial charge in [0.05, 0.1) is 17.8 Å². The monoisotopic (exact) mass is 252 g/mol. The Morgan fingerprint density at radius 2 is 2.17 bits per heavy atom. The van der Waals surface area contributed by atoms with Crippen LogP contribution in [0.4, 0.5) is 4.39 Å². The summed E-state index contributed by atoms with van der Waals surface area (Å²) in [4.78, 5) is 3.77. The van der Waals surface area contributed by atoms with Gasteiger partial charge in [0.15, 0.2) is 0 Å². The van der Waals surface area contributed by atoms with E-state index in [9.17, 15) is 4.39 Å². The van der Waals surface area contributed by atoms with Crippen molar-refractivity contribution in [2.24, 2.45) is 5.73 Å². The van der Waals surface area contributed by atoms with Gasteiger partial charge in [-0.2, -0.15) is 0 Å². The minimum atomic E-state index is -0.416. The lowest BCUT2D eigenvalue weighted by Crippen LogP contribution is -2.45. The molecule has 0 bridgehead atoms. The van der Waals surface area contributed by atoms with E-state index in [4.69, 9.17) is 10.5 Å². The van der Waals surface area contributed by atoms with Crippen molar-refractivity contribution in [2.75, 3.05) is 6.61 Å². The summed E-state index contributed by atoms with van der Waals surface area (Å²) in [6.07, 6.45) is 8.02. The van der Waals surface area contributed by atoms with E-state index >= 15 is 0 Å². The highest BCUT2D eigenvalue weighted by molar-refractivity contribution is 5.21. The highest BCUT2D eigenvalue weighted by Gasteiger charge is 2.40. The van der Waals surface area contributed by atoms with E-state index in [1.165, 1.54) is 12.6 Å². The van der Waals surface area contributed by atoms with Crippen LogP contribution in [-0.4, -0.2) is 17.2 Å². The largest absolute Gasteiger partial charge is 0.373 e. The summed E-state index contributed by atoms with van der Waals surface area (Å²) in [5, 5.41) is 0. The quantitative estimate of drug-likeness (QED) is 0.896. The van der Waals surface area contributed by atoms with Gasteiger partial charge in [0.1, 0.15) is 5.82 Å². The Balaban J connectivity index is 2.28. The average molecular weight is 252 g/mol. The number of nitrogens with two attached hydrogens (primary N) is 1. The van der Waals surface area contributed by atoms with Crippen molar-refractivity contribution in [1.29, 1.82) is 0 Å². The van der Waals surface area contributed by atoms with Crippen LogP contribution in [0.2, 0.25) is 0 Å². The topological polar surface area (TPSA) is 48.1 Å². The van der Waals surface area contributed by atoms with Gasteiger partial charge in [-0.05, 0) is 25.8 Å². The van der Waals surface area contributed by atoms with Gasteiger partial charge in [0.25, 0.3) is 0 Å². The van der Waals surface area contributed by atoms with Gasteiger partial charge < -0.3 is 10.5 Å². The molecule has 1 aromatic heterocycles. The third-order valence-corrected chi connectivity index (χ3v) is 3.84. The van der Waals surface area contributed by atoms with Crippen molar-refractivity contribution in [3.05, 3.63) is 29.8 Å². The summed E-state index contributed by atoms with van der Waals surface area (Å²) in [6.45, 7) is 2.58. The summed E-state index contributed by atoms with van der Waals surface area (Å²) in [7, 11) is 0. The van der Waals surface area contributed by atoms with Crippen LogP contribution in [0, 0.1) is 5.82 Å². The number of hydrogen-bond acceptors (Lipinski definition) is 3. The van der Waals surface area contributed by atoms with E-state index in [1.54, 1.807) is 12.3 Å². The maximum Gasteiger partial charge on any atom is 0.146 e. The zero-order chi connectivity index (χ0) is 13.0. The molecule has 1 atom stereocenters. The third kappa shape index (κ3) is 2.54. The van der Waals surface area contributed by atoms with Crippen LogP contribution in [-0.2, 0) is 4.74 Å². The molecule has 2 rings (SSSR count). The van der Waals surface area contributed by atoms with Crippen molar-refractivity contribution < 1.29 is 9.13 Å². The van der Waals surface area contributed by atoms with E-state index in [0.717, 1.165) is 25.7 Å². The molecular weight excluding hydrogens is 231 g/mol. The van der Waals surface area contributed by atoms with Crippen LogP contribution >= 0.6 is 0 Å². The number of pyridine rings is 1. The first kappa shape index (κ1) is 13.4. The standard InChI is InChI=1S/C14H21FN2O/c1-2-18-14(7-4-3-5-8-14)13(16)11-6-9-17-10-12(11)15/h6,9-10,13H,2-5,7-8,16H2,1H3. The van der Waals surface area contributed by atoms with Gasteiger partial charge in [-0.3, -0.25) is 4.98 Å². The Kier molecular flexibility index (Phi) is 4.30. The van der Waals surface area contributed by atoms with E-state index in [-0.39, 0.29) is 5.82 Å². The molecule has 0 spiro atoms. The predicted octanol–water partition coefficient (Wildman–Crippen LogP) is 2.96. The minimum absolute atomic E-state index is 0.338. The SMILES string of the molecule is CCOC1(C(N)c2ccncc2F)CCCCC1. The molecule has 1 aliphatic rings. The highest BCUT2D eigenvalue weighted by atomic mass is 19.1. The van der Waals surface area contributed by atoms with E-state index in [2.05, 4.69) is 4.98 Å². The van der Waals surface area contributed by atoms with Gasteiger partial charge in [-0.25, -0.2) is 4.39 Å². The number of aromatic nitrogens is 1. The van der Waals surface area contributed by atoms with Crippen molar-refractivity contribution >= 4 is 0 Å². The fourth-order valence-corrected chi connectivity index (χ4v) is 2.90. The fourth-order valence-electron chi connectivity index (χ4n) is 2.90. The molecule has 3 nitrogen and oxygen atoms in total. The Morgan fingerprint density at radius 3 is 2.78 bits per heavy atom. The molecular formula is C14H21FN2O. The van der Waals surface area contributed by atoms with Gasteiger partial charge in [-0.15, -0.1) is 0 Å². The van der Waals surface area contributed by atoms with Crippen LogP contribution in [0.5, 0.6) is 0 Å². The molecule has 1 heterocycles. The second kappa shape index (κ2) is 5.76. The Bertz CT molecular complexity index is 386. The molecule has 1 aromatic rings. The molecule has 18 heavy (non-hydrogen) atoms. The summed E-state index contributed by atoms with van der Waals surface area (Å²) in [5.74, 6) is -0.338. The van der Waals surface area contributed by atoms with Gasteiger partial charge in [-0.1, -0.05) is 19.3 Å². The minimum Gasteiger partial charge on any atom is -0.373 e. The maximum absolute atomic E-state index is 13.8. The van der Waals surface area contributed by atoms with Gasteiger partial charge in [0.2, 0.25) is 0 Å². The lowest BCUT2D eigenvalue weighted by atomic mass is 9.77. The molecule has 2 N–H and O–H groups in total. The smallest absolute Gasteiger partial charge is 0.146 e. The molecule has 1 saturated carbocycles. The van der Waals surface area contributed by atoms with Crippen molar-refractivity contribution in [2.45, 2.75) is 50.7 Å². The van der Waals surface area contributed by atoms with E-state index in [0.29, 0.717) is 12.2 Å². The van der Waals surface area contributed by atoms with Crippen LogP contribution in [0.3, 0.4) is 0 Å². The normalized spacial score (nSPS) is 20.6. The highest BCUT2D eigenvalue weighted by Crippen LogP contribution is 2.40. The zero-order valence-electron chi connectivity index (χ0n) is 10.9. The summed E-state index contributed by atoms with van der Waals surface area (Å²) in [6, 6.07) is 1.25. The van der Waals surface area contributed by atoms with Crippen LogP contribution < -0.4 is 5.73 Å². The molecule has 0 aliphatic heterocycles. The lowest BCUT2D eigenvalue weighted by Gasteiger charge is -2.41. The predicted molar refractivity (Wildman–Crippen MR) is 68.6 cm³/mol. The average Bonchev–Trinajstić information content (AvgIpc) is 2.40. The number of nitrogens with zero attached hydrogens (tertiary/aromatic N) is 1. The van der Waals surface area contributed by atoms with Crippen molar-refractivity contribution in [3.8, 4) is 0 Å². The molecule has 0 aromatic carbocycles. The first-order valence-electron chi connectivity index (χ1n) is 6.68. The summed E-state index contributed by atoms with van der Waals surface area (Å²) >= 11 is 0. The van der Waals surface area contributed by atoms with E-state index in [1.807, 2.05) is 6.92 Å². The molecule has 0 amide bonds. The number of ether oxygens (including phenoxy) is 1. The van der Waals surface area contributed by atoms with Crippen LogP contribution in [0.1, 0.15) is 50.6 Å². The molecule has 4 heteroatoms. The lowest BCUT2D eigenvalue weighted by molar-refractivity contribution is -0.0836. The maximum atomic E-state index is 13.8. The molecule has 0 radical (unpaired) electrons. The van der Waals surface area contributed by atoms with Gasteiger partial charge in [0, 0.05) is 18.4 Å². The first-order valence-corrected chi connectivity index (χ1v) is 6.68. The second-order valence-corrected chi connectivity index (χ2v) is 4.93. The molecule has 1 fully saturated rings. The first-order chi connectivity index (χ1) is 8.69. The number of hydrogen-bond donors (Lipinski definition) is 1. The molecule has 1 aliphatic carbocycles. The Morgan fingerprint density at radius 1 is 1.44 bits per heavy atom. The molecule has 1 unspecified atom stereocenters.